The quantitative estimate of drug-likeness (QED) is 0.281. The van der Waals surface area contributed by atoms with Crippen molar-refractivity contribution in [3.8, 4) is 0 Å². The molecule has 0 amide bonds. The Hall–Kier alpha value is -0.570. The Morgan fingerprint density at radius 1 is 0.792 bits per heavy atom. The van der Waals surface area contributed by atoms with Crippen LogP contribution in [0, 0.1) is 11.8 Å². The predicted octanol–water partition coefficient (Wildman–Crippen LogP) is 5.88. The summed E-state index contributed by atoms with van der Waals surface area (Å²) in [6.45, 7) is 7.00. The summed E-state index contributed by atoms with van der Waals surface area (Å²) in [6, 6.07) is 0. The zero-order chi connectivity index (χ0) is 18.2. The number of carbonyl (C=O) groups excluding carboxylic acids is 1. The van der Waals surface area contributed by atoms with Crippen molar-refractivity contribution in [2.24, 2.45) is 11.8 Å². The molecule has 0 aliphatic heterocycles. The lowest BCUT2D eigenvalue weighted by molar-refractivity contribution is -0.142. The molecule has 0 aromatic heterocycles. The van der Waals surface area contributed by atoms with Crippen LogP contribution in [0.15, 0.2) is 0 Å². The van der Waals surface area contributed by atoms with Crippen LogP contribution in [0.25, 0.3) is 0 Å². The van der Waals surface area contributed by atoms with Gasteiger partial charge in [0.1, 0.15) is 0 Å². The maximum absolute atomic E-state index is 11.0. The van der Waals surface area contributed by atoms with E-state index in [4.69, 9.17) is 0 Å². The average molecular weight is 343 g/mol. The highest BCUT2D eigenvalue weighted by atomic mass is 16.5. The zero-order valence-electron chi connectivity index (χ0n) is 16.7. The van der Waals surface area contributed by atoms with Gasteiger partial charge in [0.25, 0.3) is 0 Å². The van der Waals surface area contributed by atoms with Crippen LogP contribution in [-0.4, -0.2) is 24.3 Å². The first-order valence-electron chi connectivity index (χ1n) is 10.2. The van der Waals surface area contributed by atoms with E-state index < -0.39 is 6.10 Å². The largest absolute Gasteiger partial charge is 0.469 e. The van der Waals surface area contributed by atoms with Gasteiger partial charge in [0.2, 0.25) is 0 Å². The molecule has 0 aromatic rings. The molecule has 0 fully saturated rings. The summed E-state index contributed by atoms with van der Waals surface area (Å²) in [5, 5.41) is 9.68. The second-order valence-corrected chi connectivity index (χ2v) is 7.92. The van der Waals surface area contributed by atoms with Gasteiger partial charge < -0.3 is 9.84 Å². The van der Waals surface area contributed by atoms with Crippen molar-refractivity contribution in [3.05, 3.63) is 0 Å². The standard InChI is InChI=1S/C21H42O3/c1-18(2)13-9-5-6-10-14-19(3)15-11-7-8-12-16-20(22)17-21(23)24-4/h18-20,22H,5-17H2,1-4H3. The van der Waals surface area contributed by atoms with E-state index in [9.17, 15) is 9.90 Å². The van der Waals surface area contributed by atoms with Gasteiger partial charge in [0.15, 0.2) is 0 Å². The maximum Gasteiger partial charge on any atom is 0.308 e. The summed E-state index contributed by atoms with van der Waals surface area (Å²) in [7, 11) is 1.36. The average Bonchev–Trinajstić information content (AvgIpc) is 2.53. The molecule has 0 radical (unpaired) electrons. The third-order valence-corrected chi connectivity index (χ3v) is 4.84. The van der Waals surface area contributed by atoms with E-state index in [1.54, 1.807) is 0 Å². The van der Waals surface area contributed by atoms with Crippen molar-refractivity contribution in [2.75, 3.05) is 7.11 Å². The Morgan fingerprint density at radius 2 is 1.25 bits per heavy atom. The van der Waals surface area contributed by atoms with Gasteiger partial charge in [-0.25, -0.2) is 0 Å². The highest BCUT2D eigenvalue weighted by Crippen LogP contribution is 2.19. The lowest BCUT2D eigenvalue weighted by atomic mass is 9.95. The molecule has 0 aliphatic rings. The van der Waals surface area contributed by atoms with Crippen LogP contribution < -0.4 is 0 Å². The van der Waals surface area contributed by atoms with E-state index >= 15 is 0 Å². The van der Waals surface area contributed by atoms with E-state index in [0.29, 0.717) is 6.42 Å². The number of hydrogen-bond donors (Lipinski definition) is 1. The van der Waals surface area contributed by atoms with Gasteiger partial charge in [-0.15, -0.1) is 0 Å². The Bertz CT molecular complexity index is 289. The fraction of sp³-hybridized carbons (Fsp3) is 0.952. The molecule has 0 rings (SSSR count). The normalized spacial score (nSPS) is 13.9. The Labute approximate surface area is 150 Å². The summed E-state index contributed by atoms with van der Waals surface area (Å²) in [5.74, 6) is 1.38. The molecule has 1 N–H and O–H groups in total. The molecule has 144 valence electrons. The molecular formula is C21H42O3. The van der Waals surface area contributed by atoms with E-state index in [0.717, 1.165) is 24.7 Å². The lowest BCUT2D eigenvalue weighted by Gasteiger charge is -2.12. The fourth-order valence-corrected chi connectivity index (χ4v) is 3.15. The molecule has 2 atom stereocenters. The fourth-order valence-electron chi connectivity index (χ4n) is 3.15. The third-order valence-electron chi connectivity index (χ3n) is 4.84. The van der Waals surface area contributed by atoms with Crippen LogP contribution in [-0.2, 0) is 9.53 Å². The molecule has 2 unspecified atom stereocenters. The van der Waals surface area contributed by atoms with E-state index in [1.807, 2.05) is 0 Å². The maximum atomic E-state index is 11.0. The molecule has 0 aromatic carbocycles. The molecule has 0 aliphatic carbocycles. The number of aliphatic hydroxyl groups excluding tert-OH is 1. The summed E-state index contributed by atoms with van der Waals surface area (Å²) >= 11 is 0. The molecule has 24 heavy (non-hydrogen) atoms. The molecule has 3 heteroatoms. The summed E-state index contributed by atoms with van der Waals surface area (Å²) < 4.78 is 4.56. The molecule has 0 spiro atoms. The van der Waals surface area contributed by atoms with E-state index in [2.05, 4.69) is 25.5 Å². The molecule has 0 heterocycles. The van der Waals surface area contributed by atoms with Crippen molar-refractivity contribution in [1.82, 2.24) is 0 Å². The number of aliphatic hydroxyl groups is 1. The smallest absolute Gasteiger partial charge is 0.308 e. The second-order valence-electron chi connectivity index (χ2n) is 7.92. The predicted molar refractivity (Wildman–Crippen MR) is 102 cm³/mol. The lowest BCUT2D eigenvalue weighted by Crippen LogP contribution is -2.14. The van der Waals surface area contributed by atoms with Crippen LogP contribution in [0.4, 0.5) is 0 Å². The van der Waals surface area contributed by atoms with Crippen molar-refractivity contribution >= 4 is 5.97 Å². The van der Waals surface area contributed by atoms with Crippen molar-refractivity contribution in [1.29, 1.82) is 0 Å². The van der Waals surface area contributed by atoms with Crippen LogP contribution >= 0.6 is 0 Å². The molecule has 0 saturated heterocycles. The summed E-state index contributed by atoms with van der Waals surface area (Å²) in [5.41, 5.74) is 0. The molecule has 0 saturated carbocycles. The SMILES string of the molecule is COC(=O)CC(O)CCCCCCC(C)CCCCCCC(C)C. The number of unbranched alkanes of at least 4 members (excludes halogenated alkanes) is 6. The van der Waals surface area contributed by atoms with Gasteiger partial charge in [0, 0.05) is 0 Å². The van der Waals surface area contributed by atoms with Gasteiger partial charge in [-0.1, -0.05) is 91.4 Å². The van der Waals surface area contributed by atoms with E-state index in [1.165, 1.54) is 64.9 Å². The monoisotopic (exact) mass is 342 g/mol. The highest BCUT2D eigenvalue weighted by Gasteiger charge is 2.10. The number of ether oxygens (including phenoxy) is 1. The van der Waals surface area contributed by atoms with Crippen molar-refractivity contribution < 1.29 is 14.6 Å². The number of esters is 1. The Morgan fingerprint density at radius 3 is 1.71 bits per heavy atom. The Balaban J connectivity index is 3.34. The van der Waals surface area contributed by atoms with Gasteiger partial charge in [-0.3, -0.25) is 4.79 Å². The number of carbonyl (C=O) groups is 1. The molecular weight excluding hydrogens is 300 g/mol. The molecule has 0 bridgehead atoms. The van der Waals surface area contributed by atoms with Crippen molar-refractivity contribution in [2.45, 2.75) is 110 Å². The van der Waals surface area contributed by atoms with Crippen LogP contribution in [0.5, 0.6) is 0 Å². The number of rotatable bonds is 16. The second kappa shape index (κ2) is 15.9. The molecule has 3 nitrogen and oxygen atoms in total. The van der Waals surface area contributed by atoms with Gasteiger partial charge in [-0.05, 0) is 18.3 Å². The number of hydrogen-bond acceptors (Lipinski definition) is 3. The van der Waals surface area contributed by atoms with Crippen molar-refractivity contribution in [3.63, 3.8) is 0 Å². The minimum Gasteiger partial charge on any atom is -0.469 e. The van der Waals surface area contributed by atoms with Gasteiger partial charge >= 0.3 is 5.97 Å². The summed E-state index contributed by atoms with van der Waals surface area (Å²) in [6.07, 6.45) is 14.7. The highest BCUT2D eigenvalue weighted by molar-refractivity contribution is 5.69. The van der Waals surface area contributed by atoms with E-state index in [-0.39, 0.29) is 12.4 Å². The minimum absolute atomic E-state index is 0.130. The first-order chi connectivity index (χ1) is 11.5. The van der Waals surface area contributed by atoms with Gasteiger partial charge in [-0.2, -0.15) is 0 Å². The first-order valence-corrected chi connectivity index (χ1v) is 10.2. The number of methoxy groups -OCH3 is 1. The topological polar surface area (TPSA) is 46.5 Å². The zero-order valence-corrected chi connectivity index (χ0v) is 16.7. The van der Waals surface area contributed by atoms with Crippen LogP contribution in [0.3, 0.4) is 0 Å². The minimum atomic E-state index is -0.535. The van der Waals surface area contributed by atoms with Crippen LogP contribution in [0.1, 0.15) is 104 Å². The summed E-state index contributed by atoms with van der Waals surface area (Å²) in [4.78, 5) is 11.0. The van der Waals surface area contributed by atoms with Crippen LogP contribution in [0.2, 0.25) is 0 Å². The first kappa shape index (κ1) is 23.4. The van der Waals surface area contributed by atoms with Gasteiger partial charge in [0.05, 0.1) is 19.6 Å². The Kier molecular flexibility index (Phi) is 15.6. The third kappa shape index (κ3) is 16.3.